The predicted octanol–water partition coefficient (Wildman–Crippen LogP) is 6.83. The number of amides is 3. The summed E-state index contributed by atoms with van der Waals surface area (Å²) in [6.07, 6.45) is 4.67. The number of aryl methyl sites for hydroxylation is 1. The van der Waals surface area contributed by atoms with E-state index in [4.69, 9.17) is 16.7 Å². The second-order valence-electron chi connectivity index (χ2n) is 9.33. The van der Waals surface area contributed by atoms with E-state index in [1.807, 2.05) is 30.3 Å². The molecule has 0 spiro atoms. The number of carbonyl (C=O) groups is 3. The summed E-state index contributed by atoms with van der Waals surface area (Å²) in [6.45, 7) is 2.70. The number of fused-ring (bicyclic) bond motifs is 1. The number of anilines is 2. The minimum absolute atomic E-state index is 0.203. The van der Waals surface area contributed by atoms with Crippen molar-refractivity contribution in [3.63, 3.8) is 0 Å². The highest BCUT2D eigenvalue weighted by molar-refractivity contribution is 7.99. The third kappa shape index (κ3) is 7.64. The molecule has 3 N–H and O–H groups in total. The molecule has 3 amide bonds. The molecule has 0 saturated heterocycles. The van der Waals surface area contributed by atoms with Gasteiger partial charge in [-0.15, -0.1) is 11.8 Å². The second-order valence-corrected chi connectivity index (χ2v) is 10.9. The molecule has 8 nitrogen and oxygen atoms in total. The number of hydrazone groups is 1. The molecule has 1 aliphatic rings. The molecule has 208 valence electrons. The Morgan fingerprint density at radius 1 is 1.02 bits per heavy atom. The van der Waals surface area contributed by atoms with Gasteiger partial charge in [-0.1, -0.05) is 49.6 Å². The Kier molecular flexibility index (Phi) is 10.2. The Morgan fingerprint density at radius 2 is 1.82 bits per heavy atom. The fourth-order valence-electron chi connectivity index (χ4n) is 4.34. The number of rotatable bonds is 12. The van der Waals surface area contributed by atoms with Crippen LogP contribution >= 0.6 is 23.4 Å². The summed E-state index contributed by atoms with van der Waals surface area (Å²) in [4.78, 5) is 39.6. The number of urea groups is 1. The topological polar surface area (TPSA) is 111 Å². The minimum atomic E-state index is -0.930. The highest BCUT2D eigenvalue weighted by Gasteiger charge is 2.34. The van der Waals surface area contributed by atoms with Crippen molar-refractivity contribution in [2.75, 3.05) is 22.5 Å². The van der Waals surface area contributed by atoms with Gasteiger partial charge in [0, 0.05) is 27.7 Å². The Hall–Kier alpha value is -3.82. The minimum Gasteiger partial charge on any atom is -0.478 e. The van der Waals surface area contributed by atoms with Gasteiger partial charge in [-0.2, -0.15) is 5.10 Å². The van der Waals surface area contributed by atoms with E-state index in [1.54, 1.807) is 53.1 Å². The average molecular weight is 579 g/mol. The van der Waals surface area contributed by atoms with Crippen molar-refractivity contribution >= 4 is 58.4 Å². The van der Waals surface area contributed by atoms with Crippen LogP contribution in [0.5, 0.6) is 0 Å². The number of hydrogen-bond donors (Lipinski definition) is 3. The van der Waals surface area contributed by atoms with E-state index < -0.39 is 12.0 Å². The van der Waals surface area contributed by atoms with Gasteiger partial charge in [0.2, 0.25) is 0 Å². The number of nitrogens with zero attached hydrogens (tertiary/aromatic N) is 2. The highest BCUT2D eigenvalue weighted by atomic mass is 35.5. The quantitative estimate of drug-likeness (QED) is 0.124. The van der Waals surface area contributed by atoms with E-state index in [2.05, 4.69) is 22.8 Å². The third-order valence-corrected chi connectivity index (χ3v) is 7.69. The maximum absolute atomic E-state index is 13.3. The first-order chi connectivity index (χ1) is 19.4. The first-order valence-corrected chi connectivity index (χ1v) is 14.5. The van der Waals surface area contributed by atoms with E-state index in [1.165, 1.54) is 0 Å². The van der Waals surface area contributed by atoms with Crippen molar-refractivity contribution in [2.45, 2.75) is 43.9 Å². The van der Waals surface area contributed by atoms with Crippen LogP contribution in [0.3, 0.4) is 0 Å². The maximum Gasteiger partial charge on any atom is 0.339 e. The van der Waals surface area contributed by atoms with Crippen molar-refractivity contribution in [3.8, 4) is 0 Å². The summed E-state index contributed by atoms with van der Waals surface area (Å²) in [6, 6.07) is 19.0. The summed E-state index contributed by atoms with van der Waals surface area (Å²) in [7, 11) is 0. The summed E-state index contributed by atoms with van der Waals surface area (Å²) in [5, 5.41) is 16.4. The average Bonchev–Trinajstić information content (AvgIpc) is 3.20. The van der Waals surface area contributed by atoms with E-state index in [-0.39, 0.29) is 17.2 Å². The van der Waals surface area contributed by atoms with Gasteiger partial charge in [0.25, 0.3) is 5.91 Å². The highest BCUT2D eigenvalue weighted by Crippen LogP contribution is 2.34. The van der Waals surface area contributed by atoms with Crippen LogP contribution in [0.2, 0.25) is 5.02 Å². The Morgan fingerprint density at radius 3 is 2.55 bits per heavy atom. The molecule has 3 aromatic carbocycles. The van der Waals surface area contributed by atoms with Crippen LogP contribution in [-0.2, 0) is 11.2 Å². The van der Waals surface area contributed by atoms with Gasteiger partial charge < -0.3 is 15.3 Å². The smallest absolute Gasteiger partial charge is 0.339 e. The van der Waals surface area contributed by atoms with Crippen molar-refractivity contribution < 1.29 is 19.5 Å². The molecule has 40 heavy (non-hydrogen) atoms. The van der Waals surface area contributed by atoms with Crippen molar-refractivity contribution in [3.05, 3.63) is 88.4 Å². The molecule has 4 rings (SSSR count). The lowest BCUT2D eigenvalue weighted by Gasteiger charge is -2.16. The number of halogens is 1. The Balaban J connectivity index is 1.43. The van der Waals surface area contributed by atoms with Crippen LogP contribution in [0.15, 0.2) is 76.7 Å². The Labute approximate surface area is 242 Å². The molecule has 10 heteroatoms. The molecule has 1 aliphatic heterocycles. The lowest BCUT2D eigenvalue weighted by Crippen LogP contribution is -2.33. The molecule has 0 bridgehead atoms. The molecule has 0 fully saturated rings. The summed E-state index contributed by atoms with van der Waals surface area (Å²) >= 11 is 7.66. The van der Waals surface area contributed by atoms with Crippen LogP contribution in [0.25, 0.3) is 0 Å². The van der Waals surface area contributed by atoms with Crippen molar-refractivity contribution in [1.82, 2.24) is 5.43 Å². The number of nitrogens with one attached hydrogen (secondary N) is 2. The molecule has 3 aromatic rings. The van der Waals surface area contributed by atoms with Gasteiger partial charge in [0.1, 0.15) is 0 Å². The van der Waals surface area contributed by atoms with Gasteiger partial charge in [-0.3, -0.25) is 4.79 Å². The summed E-state index contributed by atoms with van der Waals surface area (Å²) in [5.41, 5.74) is 6.03. The zero-order valence-corrected chi connectivity index (χ0v) is 23.7. The van der Waals surface area contributed by atoms with E-state index in [0.29, 0.717) is 22.8 Å². The van der Waals surface area contributed by atoms with Crippen LogP contribution in [0, 0.1) is 0 Å². The summed E-state index contributed by atoms with van der Waals surface area (Å²) in [5.74, 6) is -0.317. The largest absolute Gasteiger partial charge is 0.478 e. The number of unbranched alkanes of at least 4 members (excludes halogenated alkanes) is 2. The Bertz CT molecular complexity index is 1410. The third-order valence-electron chi connectivity index (χ3n) is 6.38. The molecule has 0 radical (unpaired) electrons. The number of hydrogen-bond acceptors (Lipinski definition) is 5. The normalized spacial score (nSPS) is 13.4. The molecule has 0 aromatic heterocycles. The fraction of sp³-hybridized carbons (Fsp3) is 0.267. The molecular formula is C30H31ClN4O4S. The monoisotopic (exact) mass is 578 g/mol. The van der Waals surface area contributed by atoms with Gasteiger partial charge >= 0.3 is 12.0 Å². The lowest BCUT2D eigenvalue weighted by atomic mass is 10.1. The zero-order chi connectivity index (χ0) is 28.5. The number of thioether (sulfide) groups is 1. The molecular weight excluding hydrogens is 548 g/mol. The van der Waals surface area contributed by atoms with E-state index in [0.717, 1.165) is 54.0 Å². The molecule has 0 saturated carbocycles. The van der Waals surface area contributed by atoms with Crippen molar-refractivity contribution in [1.29, 1.82) is 0 Å². The maximum atomic E-state index is 13.3. The van der Waals surface area contributed by atoms with Crippen LogP contribution in [0.4, 0.5) is 16.2 Å². The van der Waals surface area contributed by atoms with Gasteiger partial charge in [0.05, 0.1) is 11.3 Å². The van der Waals surface area contributed by atoms with Gasteiger partial charge in [0.15, 0.2) is 5.71 Å². The van der Waals surface area contributed by atoms with Gasteiger partial charge in [-0.05, 0) is 79.1 Å². The van der Waals surface area contributed by atoms with Crippen molar-refractivity contribution in [2.24, 2.45) is 5.10 Å². The van der Waals surface area contributed by atoms with E-state index >= 15 is 0 Å². The first-order valence-electron chi connectivity index (χ1n) is 13.2. The first kappa shape index (κ1) is 29.2. The number of aromatic carboxylic acids is 1. The van der Waals surface area contributed by atoms with Crippen LogP contribution in [-0.4, -0.2) is 41.0 Å². The van der Waals surface area contributed by atoms with Crippen LogP contribution in [0.1, 0.15) is 54.1 Å². The van der Waals surface area contributed by atoms with Gasteiger partial charge in [-0.25, -0.2) is 15.0 Å². The standard InChI is InChI=1S/C30H31ClN4O4S/c1-2-3-4-16-35-26-15-14-24(40-17-6-7-20-10-12-21(13-11-20)29(37)38)19-25(26)27(28(35)36)33-34-30(39)32-23-9-5-8-22(31)18-23/h5,8-15,18-19H,2-4,6-7,16-17H2,1H3,(H,37,38)(H2,32,34,39)/b33-27-. The fourth-order valence-corrected chi connectivity index (χ4v) is 5.42. The second kappa shape index (κ2) is 14.0. The van der Waals surface area contributed by atoms with E-state index in [9.17, 15) is 14.4 Å². The van der Waals surface area contributed by atoms with Crippen LogP contribution < -0.4 is 15.6 Å². The number of benzene rings is 3. The molecule has 0 aliphatic carbocycles. The molecule has 1 heterocycles. The SMILES string of the molecule is CCCCCN1C(=O)/C(=N\NC(=O)Nc2cccc(Cl)c2)c2cc(SCCCc3ccc(C(=O)O)cc3)ccc21. The summed E-state index contributed by atoms with van der Waals surface area (Å²) < 4.78 is 0. The lowest BCUT2D eigenvalue weighted by molar-refractivity contribution is -0.112. The molecule has 0 atom stereocenters. The number of carbonyl (C=O) groups excluding carboxylic acids is 2. The predicted molar refractivity (Wildman–Crippen MR) is 161 cm³/mol. The molecule has 0 unspecified atom stereocenters. The number of carboxylic acid groups (broad SMARTS) is 1. The zero-order valence-electron chi connectivity index (χ0n) is 22.2. The number of carboxylic acids is 1.